The zero-order valence-electron chi connectivity index (χ0n) is 3.27. The van der Waals surface area contributed by atoms with Gasteiger partial charge in [0.05, 0.1) is 6.26 Å². The van der Waals surface area contributed by atoms with Gasteiger partial charge in [0.15, 0.2) is 0 Å². The minimum Gasteiger partial charge on any atom is -0.497 e. The third-order valence-corrected chi connectivity index (χ3v) is 0.505. The van der Waals surface area contributed by atoms with Gasteiger partial charge in [-0.2, -0.15) is 0 Å². The van der Waals surface area contributed by atoms with Crippen LogP contribution < -0.4 is 5.32 Å². The molecular weight excluding hydrogens is 78.0 g/mol. The van der Waals surface area contributed by atoms with E-state index in [4.69, 9.17) is 4.74 Å². The molecule has 1 aliphatic heterocycles. The second-order valence-electron chi connectivity index (χ2n) is 0.935. The van der Waals surface area contributed by atoms with Gasteiger partial charge in [-0.1, -0.05) is 0 Å². The summed E-state index contributed by atoms with van der Waals surface area (Å²) in [5, 5.41) is 2.73. The molecule has 0 aromatic carbocycles. The monoisotopic (exact) mass is 83.0 g/mol. The molecule has 6 heavy (non-hydrogen) atoms. The summed E-state index contributed by atoms with van der Waals surface area (Å²) in [7, 11) is 0. The highest BCUT2D eigenvalue weighted by Crippen LogP contribution is 1.83. The van der Waals surface area contributed by atoms with Gasteiger partial charge in [0.25, 0.3) is 0 Å². The lowest BCUT2D eigenvalue weighted by Gasteiger charge is -2.03. The Morgan fingerprint density at radius 2 is 2.83 bits per heavy atom. The van der Waals surface area contributed by atoms with Gasteiger partial charge in [-0.25, -0.2) is 0 Å². The van der Waals surface area contributed by atoms with Crippen LogP contribution >= 0.6 is 0 Å². The molecule has 2 heteroatoms. The molecule has 0 aromatic heterocycles. The average molecular weight is 83.1 g/mol. The molecule has 1 aliphatic rings. The van der Waals surface area contributed by atoms with Crippen LogP contribution in [0.25, 0.3) is 0 Å². The Morgan fingerprint density at radius 1 is 1.83 bits per heavy atom. The number of ether oxygens (including phenoxy) is 1. The van der Waals surface area contributed by atoms with Crippen LogP contribution in [0.2, 0.25) is 0 Å². The van der Waals surface area contributed by atoms with Crippen molar-refractivity contribution in [2.45, 2.75) is 0 Å². The summed E-state index contributed by atoms with van der Waals surface area (Å²) in [6.07, 6.45) is 3.28. The summed E-state index contributed by atoms with van der Waals surface area (Å²) in [6, 6.07) is 0. The highest BCUT2D eigenvalue weighted by atomic mass is 16.5. The Bertz CT molecular complexity index is 52.6. The number of hydrogen-bond acceptors (Lipinski definition) is 2. The van der Waals surface area contributed by atoms with Crippen LogP contribution in [-0.4, -0.2) is 6.61 Å². The molecule has 32 valence electrons. The molecule has 0 saturated carbocycles. The van der Waals surface area contributed by atoms with Crippen LogP contribution in [-0.2, 0) is 4.74 Å². The van der Waals surface area contributed by atoms with Crippen molar-refractivity contribution in [3.63, 3.8) is 0 Å². The van der Waals surface area contributed by atoms with Gasteiger partial charge in [-0.05, 0) is 0 Å². The average Bonchev–Trinajstić information content (AvgIpc) is 1.72. The molecule has 1 rings (SSSR count). The van der Waals surface area contributed by atoms with Crippen LogP contribution in [0.5, 0.6) is 0 Å². The highest BCUT2D eigenvalue weighted by molar-refractivity contribution is 4.81. The van der Waals surface area contributed by atoms with Crippen LogP contribution in [0.3, 0.4) is 0 Å². The minimum atomic E-state index is 0.552. The smallest absolute Gasteiger partial charge is 0.129 e. The molecule has 1 heterocycles. The molecule has 0 bridgehead atoms. The summed E-state index contributed by atoms with van der Waals surface area (Å²) >= 11 is 0. The molecule has 0 spiro atoms. The molecule has 0 unspecified atom stereocenters. The van der Waals surface area contributed by atoms with E-state index in [2.05, 4.69) is 11.9 Å². The molecular formula is C4H5NO. The van der Waals surface area contributed by atoms with Gasteiger partial charge in [0.2, 0.25) is 0 Å². The standard InChI is InChI=1S/C4H5NO/c1-3-6-4-2-5-1/h1,3,5H,4H2. The Kier molecular flexibility index (Phi) is 0.998. The van der Waals surface area contributed by atoms with E-state index >= 15 is 0 Å². The molecule has 2 radical (unpaired) electrons. The Labute approximate surface area is 36.8 Å². The Hall–Kier alpha value is -0.660. The number of rotatable bonds is 0. The maximum Gasteiger partial charge on any atom is 0.129 e. The molecule has 0 atom stereocenters. The van der Waals surface area contributed by atoms with Crippen molar-refractivity contribution in [2.75, 3.05) is 6.61 Å². The summed E-state index contributed by atoms with van der Waals surface area (Å²) in [4.78, 5) is 0. The lowest BCUT2D eigenvalue weighted by atomic mass is 10.6. The van der Waals surface area contributed by atoms with Gasteiger partial charge >= 0.3 is 0 Å². The SMILES string of the molecule is [C]1COC=CN1. The normalized spacial score (nSPS) is 18.7. The predicted octanol–water partition coefficient (Wildman–Crippen LogP) is 0.116. The number of hydrogen-bond donors (Lipinski definition) is 1. The van der Waals surface area contributed by atoms with E-state index in [1.165, 1.54) is 0 Å². The van der Waals surface area contributed by atoms with E-state index in [1.54, 1.807) is 12.5 Å². The maximum atomic E-state index is 4.72. The van der Waals surface area contributed by atoms with Gasteiger partial charge in [-0.15, -0.1) is 0 Å². The van der Waals surface area contributed by atoms with Crippen molar-refractivity contribution in [3.8, 4) is 0 Å². The molecule has 0 saturated heterocycles. The molecule has 0 aliphatic carbocycles. The van der Waals surface area contributed by atoms with E-state index in [9.17, 15) is 0 Å². The fourth-order valence-corrected chi connectivity index (χ4v) is 0.273. The first-order valence-corrected chi connectivity index (χ1v) is 1.75. The van der Waals surface area contributed by atoms with Gasteiger partial charge in [-0.3, -0.25) is 0 Å². The third kappa shape index (κ3) is 0.641. The first-order valence-electron chi connectivity index (χ1n) is 1.75. The van der Waals surface area contributed by atoms with Crippen molar-refractivity contribution in [2.24, 2.45) is 0 Å². The second kappa shape index (κ2) is 1.70. The van der Waals surface area contributed by atoms with Crippen molar-refractivity contribution < 1.29 is 4.74 Å². The molecule has 0 fully saturated rings. The second-order valence-corrected chi connectivity index (χ2v) is 0.935. The zero-order valence-corrected chi connectivity index (χ0v) is 3.27. The van der Waals surface area contributed by atoms with Crippen molar-refractivity contribution in [1.82, 2.24) is 5.32 Å². The lowest BCUT2D eigenvalue weighted by Crippen LogP contribution is -2.09. The fraction of sp³-hybridized carbons (Fsp3) is 0.250. The predicted molar refractivity (Wildman–Crippen MR) is 21.5 cm³/mol. The van der Waals surface area contributed by atoms with E-state index in [0.29, 0.717) is 6.61 Å². The first kappa shape index (κ1) is 3.53. The fourth-order valence-electron chi connectivity index (χ4n) is 0.273. The highest BCUT2D eigenvalue weighted by Gasteiger charge is 1.86. The summed E-state index contributed by atoms with van der Waals surface area (Å²) in [5.41, 5.74) is 0. The summed E-state index contributed by atoms with van der Waals surface area (Å²) in [6.45, 7) is 3.28. The van der Waals surface area contributed by atoms with E-state index < -0.39 is 0 Å². The molecule has 2 nitrogen and oxygen atoms in total. The van der Waals surface area contributed by atoms with Crippen LogP contribution in [0.4, 0.5) is 0 Å². The van der Waals surface area contributed by atoms with E-state index in [0.717, 1.165) is 0 Å². The minimum absolute atomic E-state index is 0.552. The topological polar surface area (TPSA) is 21.3 Å². The number of nitrogens with one attached hydrogen (secondary N) is 1. The van der Waals surface area contributed by atoms with Crippen molar-refractivity contribution in [3.05, 3.63) is 19.0 Å². The lowest BCUT2D eigenvalue weighted by molar-refractivity contribution is 0.258. The van der Waals surface area contributed by atoms with Crippen molar-refractivity contribution in [1.29, 1.82) is 0 Å². The quantitative estimate of drug-likeness (QED) is 0.449. The summed E-state index contributed by atoms with van der Waals surface area (Å²) < 4.78 is 4.72. The molecule has 1 N–H and O–H groups in total. The Morgan fingerprint density at radius 3 is 3.00 bits per heavy atom. The van der Waals surface area contributed by atoms with E-state index in [1.807, 2.05) is 0 Å². The van der Waals surface area contributed by atoms with Crippen LogP contribution in [0.1, 0.15) is 0 Å². The Balaban J connectivity index is 2.26. The van der Waals surface area contributed by atoms with Crippen LogP contribution in [0.15, 0.2) is 12.5 Å². The maximum absolute atomic E-state index is 4.72. The van der Waals surface area contributed by atoms with Crippen molar-refractivity contribution >= 4 is 0 Å². The summed E-state index contributed by atoms with van der Waals surface area (Å²) in [5.74, 6) is 0. The van der Waals surface area contributed by atoms with Gasteiger partial charge in [0, 0.05) is 6.20 Å². The molecule has 0 aromatic rings. The zero-order chi connectivity index (χ0) is 4.24. The largest absolute Gasteiger partial charge is 0.497 e. The van der Waals surface area contributed by atoms with Gasteiger partial charge < -0.3 is 10.1 Å². The van der Waals surface area contributed by atoms with Gasteiger partial charge in [0.1, 0.15) is 13.2 Å². The molecule has 0 amide bonds. The van der Waals surface area contributed by atoms with E-state index in [-0.39, 0.29) is 0 Å². The first-order chi connectivity index (χ1) is 3.00. The third-order valence-electron chi connectivity index (χ3n) is 0.505. The van der Waals surface area contributed by atoms with Crippen LogP contribution in [0, 0.1) is 6.54 Å².